The third-order valence-electron chi connectivity index (χ3n) is 5.15. The van der Waals surface area contributed by atoms with E-state index >= 15 is 0 Å². The molecule has 136 valence electrons. The third-order valence-corrected chi connectivity index (χ3v) is 5.15. The molecular formula is C24H24N2O. The zero-order valence-electron chi connectivity index (χ0n) is 16.0. The Morgan fingerprint density at radius 3 is 2.48 bits per heavy atom. The van der Waals surface area contributed by atoms with E-state index in [1.807, 2.05) is 30.0 Å². The van der Waals surface area contributed by atoms with Crippen molar-refractivity contribution in [2.75, 3.05) is 0 Å². The minimum atomic E-state index is 0.327. The maximum absolute atomic E-state index is 10.8. The molecule has 0 aliphatic rings. The standard InChI is InChI=1S/C24H24N2O/c1-16(2)19-8-6-18(7-9-19)14-26-15-22-12-21(20-5-4-10-25-13-20)11-17(3)23(22)24(26)27/h4-13,15-16,27H,14H2,1-3H3. The number of aromatic hydroxyl groups is 1. The molecule has 3 heteroatoms. The maximum atomic E-state index is 10.8. The van der Waals surface area contributed by atoms with Crippen LogP contribution in [0.15, 0.2) is 67.1 Å². The number of rotatable bonds is 4. The molecule has 0 aliphatic heterocycles. The van der Waals surface area contributed by atoms with Gasteiger partial charge in [0.25, 0.3) is 0 Å². The summed E-state index contributed by atoms with van der Waals surface area (Å²) in [7, 11) is 0. The molecule has 0 saturated carbocycles. The van der Waals surface area contributed by atoms with Crippen LogP contribution >= 0.6 is 0 Å². The van der Waals surface area contributed by atoms with Gasteiger partial charge in [-0.25, -0.2) is 0 Å². The highest BCUT2D eigenvalue weighted by atomic mass is 16.3. The van der Waals surface area contributed by atoms with Crippen LogP contribution in [0.5, 0.6) is 5.88 Å². The van der Waals surface area contributed by atoms with E-state index in [2.05, 4.69) is 61.3 Å². The van der Waals surface area contributed by atoms with Gasteiger partial charge in [0, 0.05) is 34.9 Å². The molecule has 0 spiro atoms. The number of aryl methyl sites for hydroxylation is 1. The summed E-state index contributed by atoms with van der Waals surface area (Å²) in [5.41, 5.74) is 5.78. The summed E-state index contributed by atoms with van der Waals surface area (Å²) in [5.74, 6) is 0.850. The Hall–Kier alpha value is -3.07. The highest BCUT2D eigenvalue weighted by Crippen LogP contribution is 2.34. The third kappa shape index (κ3) is 3.33. The molecule has 0 unspecified atom stereocenters. The summed E-state index contributed by atoms with van der Waals surface area (Å²) in [6, 6.07) is 16.9. The first-order chi connectivity index (χ1) is 13.0. The lowest BCUT2D eigenvalue weighted by Crippen LogP contribution is -1.98. The van der Waals surface area contributed by atoms with Crippen LogP contribution in [0.4, 0.5) is 0 Å². The van der Waals surface area contributed by atoms with Crippen molar-refractivity contribution in [3.63, 3.8) is 0 Å². The zero-order valence-corrected chi connectivity index (χ0v) is 16.0. The molecule has 27 heavy (non-hydrogen) atoms. The number of benzene rings is 2. The molecule has 0 aliphatic carbocycles. The molecular weight excluding hydrogens is 332 g/mol. The van der Waals surface area contributed by atoms with E-state index < -0.39 is 0 Å². The molecule has 2 aromatic heterocycles. The predicted octanol–water partition coefficient (Wildman–Crippen LogP) is 5.89. The number of nitrogens with zero attached hydrogens (tertiary/aromatic N) is 2. The van der Waals surface area contributed by atoms with Gasteiger partial charge in [0.15, 0.2) is 5.88 Å². The van der Waals surface area contributed by atoms with Gasteiger partial charge >= 0.3 is 0 Å². The van der Waals surface area contributed by atoms with Crippen molar-refractivity contribution in [1.82, 2.24) is 9.55 Å². The van der Waals surface area contributed by atoms with Crippen LogP contribution in [0.1, 0.15) is 36.5 Å². The molecule has 0 bridgehead atoms. The summed E-state index contributed by atoms with van der Waals surface area (Å²) in [6.45, 7) is 7.09. The smallest absolute Gasteiger partial charge is 0.199 e. The van der Waals surface area contributed by atoms with E-state index in [1.165, 1.54) is 11.1 Å². The van der Waals surface area contributed by atoms with Crippen LogP contribution in [0.2, 0.25) is 0 Å². The van der Waals surface area contributed by atoms with Gasteiger partial charge in [0.1, 0.15) is 0 Å². The van der Waals surface area contributed by atoms with Crippen LogP contribution in [0.3, 0.4) is 0 Å². The average Bonchev–Trinajstić information content (AvgIpc) is 2.99. The second-order valence-electron chi connectivity index (χ2n) is 7.48. The topological polar surface area (TPSA) is 38.0 Å². The summed E-state index contributed by atoms with van der Waals surface area (Å²) in [4.78, 5) is 4.21. The van der Waals surface area contributed by atoms with E-state index in [9.17, 15) is 5.11 Å². The molecule has 2 heterocycles. The van der Waals surface area contributed by atoms with Crippen LogP contribution in [-0.2, 0) is 6.54 Å². The fourth-order valence-corrected chi connectivity index (χ4v) is 3.62. The van der Waals surface area contributed by atoms with Crippen LogP contribution in [0, 0.1) is 6.92 Å². The van der Waals surface area contributed by atoms with Gasteiger partial charge in [-0.15, -0.1) is 0 Å². The van der Waals surface area contributed by atoms with Gasteiger partial charge < -0.3 is 9.67 Å². The van der Waals surface area contributed by atoms with Crippen molar-refractivity contribution in [3.8, 4) is 17.0 Å². The van der Waals surface area contributed by atoms with Gasteiger partial charge in [-0.2, -0.15) is 0 Å². The van der Waals surface area contributed by atoms with Crippen molar-refractivity contribution < 1.29 is 5.11 Å². The first kappa shape index (κ1) is 17.3. The van der Waals surface area contributed by atoms with Crippen molar-refractivity contribution >= 4 is 10.8 Å². The van der Waals surface area contributed by atoms with E-state index in [-0.39, 0.29) is 0 Å². The van der Waals surface area contributed by atoms with E-state index in [0.29, 0.717) is 18.3 Å². The number of fused-ring (bicyclic) bond motifs is 1. The Labute approximate surface area is 159 Å². The number of hydrogen-bond acceptors (Lipinski definition) is 2. The average molecular weight is 356 g/mol. The largest absolute Gasteiger partial charge is 0.494 e. The fraction of sp³-hybridized carbons (Fsp3) is 0.208. The van der Waals surface area contributed by atoms with Gasteiger partial charge in [-0.3, -0.25) is 4.98 Å². The van der Waals surface area contributed by atoms with Gasteiger partial charge in [0.2, 0.25) is 0 Å². The second kappa shape index (κ2) is 6.92. The van der Waals surface area contributed by atoms with Gasteiger partial charge in [0.05, 0.1) is 6.54 Å². The highest BCUT2D eigenvalue weighted by molar-refractivity contribution is 5.94. The van der Waals surface area contributed by atoms with Crippen molar-refractivity contribution in [2.45, 2.75) is 33.2 Å². The van der Waals surface area contributed by atoms with Crippen LogP contribution in [-0.4, -0.2) is 14.7 Å². The Balaban J connectivity index is 1.72. The molecule has 0 radical (unpaired) electrons. The van der Waals surface area contributed by atoms with Crippen molar-refractivity contribution in [1.29, 1.82) is 0 Å². The highest BCUT2D eigenvalue weighted by Gasteiger charge is 2.13. The summed E-state index contributed by atoms with van der Waals surface area (Å²) >= 11 is 0. The molecule has 2 aromatic carbocycles. The summed E-state index contributed by atoms with van der Waals surface area (Å²) in [5, 5.41) is 12.8. The molecule has 0 saturated heterocycles. The van der Waals surface area contributed by atoms with Crippen LogP contribution in [0.25, 0.3) is 21.9 Å². The van der Waals surface area contributed by atoms with Gasteiger partial charge in [-0.1, -0.05) is 50.2 Å². The Morgan fingerprint density at radius 2 is 1.81 bits per heavy atom. The fourth-order valence-electron chi connectivity index (χ4n) is 3.62. The normalized spacial score (nSPS) is 11.4. The molecule has 0 fully saturated rings. The lowest BCUT2D eigenvalue weighted by Gasteiger charge is -2.09. The van der Waals surface area contributed by atoms with Crippen molar-refractivity contribution in [2.24, 2.45) is 0 Å². The molecule has 4 rings (SSSR count). The van der Waals surface area contributed by atoms with E-state index in [0.717, 1.165) is 27.5 Å². The lowest BCUT2D eigenvalue weighted by molar-refractivity contribution is 0.430. The lowest BCUT2D eigenvalue weighted by atomic mass is 10.0. The summed E-state index contributed by atoms with van der Waals surface area (Å²) in [6.07, 6.45) is 5.68. The van der Waals surface area contributed by atoms with Crippen LogP contribution < -0.4 is 0 Å². The van der Waals surface area contributed by atoms with E-state index in [1.54, 1.807) is 6.20 Å². The first-order valence-corrected chi connectivity index (χ1v) is 9.34. The SMILES string of the molecule is Cc1cc(-c2cccnc2)cc2cn(Cc3ccc(C(C)C)cc3)c(O)c12. The minimum absolute atomic E-state index is 0.327. The minimum Gasteiger partial charge on any atom is -0.494 e. The molecule has 4 aromatic rings. The van der Waals surface area contributed by atoms with E-state index in [4.69, 9.17) is 0 Å². The first-order valence-electron chi connectivity index (χ1n) is 9.34. The summed E-state index contributed by atoms with van der Waals surface area (Å²) < 4.78 is 1.93. The number of aromatic nitrogens is 2. The number of pyridine rings is 1. The Bertz CT molecular complexity index is 1080. The quantitative estimate of drug-likeness (QED) is 0.495. The Morgan fingerprint density at radius 1 is 1.04 bits per heavy atom. The molecule has 0 amide bonds. The zero-order chi connectivity index (χ0) is 19.0. The van der Waals surface area contributed by atoms with Crippen molar-refractivity contribution in [3.05, 3.63) is 83.8 Å². The molecule has 3 nitrogen and oxygen atoms in total. The predicted molar refractivity (Wildman–Crippen MR) is 111 cm³/mol. The Kier molecular flexibility index (Phi) is 4.44. The molecule has 0 atom stereocenters. The second-order valence-corrected chi connectivity index (χ2v) is 7.48. The maximum Gasteiger partial charge on any atom is 0.199 e. The number of hydrogen-bond donors (Lipinski definition) is 1. The monoisotopic (exact) mass is 356 g/mol. The van der Waals surface area contributed by atoms with Gasteiger partial charge in [-0.05, 0) is 47.2 Å². The molecule has 1 N–H and O–H groups in total.